The van der Waals surface area contributed by atoms with E-state index in [2.05, 4.69) is 0 Å². The minimum Gasteiger partial charge on any atom is -0.461 e. The highest BCUT2D eigenvalue weighted by molar-refractivity contribution is 6.67. The first kappa shape index (κ1) is 28.8. The molecule has 0 bridgehead atoms. The Labute approximate surface area is 205 Å². The lowest BCUT2D eigenvalue weighted by Crippen LogP contribution is -2.35. The molecule has 9 heteroatoms. The molecule has 0 aliphatic heterocycles. The minimum atomic E-state index is -1.78. The molecule has 1 aromatic carbocycles. The zero-order valence-corrected chi connectivity index (χ0v) is 21.4. The van der Waals surface area contributed by atoms with Gasteiger partial charge in [0.1, 0.15) is 19.3 Å². The van der Waals surface area contributed by atoms with E-state index in [-0.39, 0.29) is 17.9 Å². The minimum absolute atomic E-state index is 0.0560. The zero-order valence-electron chi connectivity index (χ0n) is 19.1. The van der Waals surface area contributed by atoms with Crippen LogP contribution >= 0.6 is 34.8 Å². The Balaban J connectivity index is 2.81. The van der Waals surface area contributed by atoms with Gasteiger partial charge in [0, 0.05) is 0 Å². The van der Waals surface area contributed by atoms with E-state index in [1.807, 2.05) is 58.0 Å². The molecule has 0 fully saturated rings. The molecular formula is C23H33Cl3O6. The Kier molecular flexibility index (Phi) is 11.6. The second-order valence-corrected chi connectivity index (χ2v) is 11.7. The van der Waals surface area contributed by atoms with Crippen molar-refractivity contribution in [1.82, 2.24) is 0 Å². The first-order chi connectivity index (χ1) is 14.7. The Morgan fingerprint density at radius 1 is 1.00 bits per heavy atom. The lowest BCUT2D eigenvalue weighted by atomic mass is 9.82. The van der Waals surface area contributed by atoms with E-state index in [1.54, 1.807) is 6.92 Å². The van der Waals surface area contributed by atoms with Gasteiger partial charge in [-0.15, -0.1) is 0 Å². The SMILES string of the molecule is C[C@H](C[C@H](OC(=O)OCC(Cl)(Cl)Cl)[C@H](C)C(=O)OCc1ccccc1)C[C@H](O)C(C)(C)C. The van der Waals surface area contributed by atoms with Crippen LogP contribution in [0, 0.1) is 17.3 Å². The standard InChI is InChI=1S/C23H33Cl3O6/c1-15(12-19(27)22(3,4)5)11-18(32-21(29)31-14-23(24,25)26)16(2)20(28)30-13-17-9-7-6-8-10-17/h6-10,15-16,18-19,27H,11-14H2,1-5H3/t15-,16+,18+,19+/m1/s1. The van der Waals surface area contributed by atoms with Crippen molar-refractivity contribution in [2.45, 2.75) is 70.1 Å². The van der Waals surface area contributed by atoms with Gasteiger partial charge in [0.05, 0.1) is 12.0 Å². The van der Waals surface area contributed by atoms with Crippen LogP contribution in [0.1, 0.15) is 53.0 Å². The molecular weight excluding hydrogens is 479 g/mol. The number of alkyl halides is 3. The monoisotopic (exact) mass is 510 g/mol. The third-order valence-electron chi connectivity index (χ3n) is 5.01. The van der Waals surface area contributed by atoms with Crippen LogP contribution in [0.4, 0.5) is 4.79 Å². The average Bonchev–Trinajstić information content (AvgIpc) is 2.69. The van der Waals surface area contributed by atoms with Crippen molar-refractivity contribution >= 4 is 46.9 Å². The van der Waals surface area contributed by atoms with Crippen molar-refractivity contribution in [3.63, 3.8) is 0 Å². The van der Waals surface area contributed by atoms with Crippen molar-refractivity contribution in [3.05, 3.63) is 35.9 Å². The van der Waals surface area contributed by atoms with Gasteiger partial charge in [-0.25, -0.2) is 4.79 Å². The Bertz CT molecular complexity index is 715. The molecule has 0 unspecified atom stereocenters. The molecule has 1 aromatic rings. The number of rotatable bonds is 10. The van der Waals surface area contributed by atoms with Gasteiger partial charge in [-0.05, 0) is 36.7 Å². The largest absolute Gasteiger partial charge is 0.508 e. The van der Waals surface area contributed by atoms with Crippen molar-refractivity contribution in [3.8, 4) is 0 Å². The summed E-state index contributed by atoms with van der Waals surface area (Å²) >= 11 is 16.8. The molecule has 0 aliphatic rings. The van der Waals surface area contributed by atoms with Crippen LogP contribution in [0.2, 0.25) is 0 Å². The van der Waals surface area contributed by atoms with E-state index in [9.17, 15) is 14.7 Å². The van der Waals surface area contributed by atoms with Gasteiger partial charge in [0.2, 0.25) is 3.79 Å². The number of hydrogen-bond acceptors (Lipinski definition) is 6. The topological polar surface area (TPSA) is 82.1 Å². The molecule has 0 saturated carbocycles. The Hall–Kier alpha value is -1.21. The van der Waals surface area contributed by atoms with Crippen LogP contribution in [-0.2, 0) is 25.6 Å². The number of carbonyl (C=O) groups is 2. The van der Waals surface area contributed by atoms with Gasteiger partial charge >= 0.3 is 12.1 Å². The van der Waals surface area contributed by atoms with Gasteiger partial charge in [0.25, 0.3) is 0 Å². The maximum absolute atomic E-state index is 12.7. The number of carbonyl (C=O) groups excluding carboxylic acids is 2. The van der Waals surface area contributed by atoms with Crippen molar-refractivity contribution in [2.75, 3.05) is 6.61 Å². The van der Waals surface area contributed by atoms with E-state index in [0.717, 1.165) is 5.56 Å². The lowest BCUT2D eigenvalue weighted by molar-refractivity contribution is -0.154. The molecule has 0 radical (unpaired) electrons. The summed E-state index contributed by atoms with van der Waals surface area (Å²) < 4.78 is 13.9. The van der Waals surface area contributed by atoms with Crippen LogP contribution in [0.3, 0.4) is 0 Å². The summed E-state index contributed by atoms with van der Waals surface area (Å²) in [5.74, 6) is -1.34. The number of esters is 1. The highest BCUT2D eigenvalue weighted by Crippen LogP contribution is 2.29. The highest BCUT2D eigenvalue weighted by atomic mass is 35.6. The molecule has 0 heterocycles. The van der Waals surface area contributed by atoms with Crippen LogP contribution in [0.25, 0.3) is 0 Å². The quantitative estimate of drug-likeness (QED) is 0.303. The summed E-state index contributed by atoms with van der Waals surface area (Å²) in [6.45, 7) is 8.97. The summed E-state index contributed by atoms with van der Waals surface area (Å²) in [4.78, 5) is 24.8. The number of halogens is 3. The predicted molar refractivity (Wildman–Crippen MR) is 126 cm³/mol. The summed E-state index contributed by atoms with van der Waals surface area (Å²) in [7, 11) is 0. The van der Waals surface area contributed by atoms with E-state index < -0.39 is 40.6 Å². The maximum atomic E-state index is 12.7. The van der Waals surface area contributed by atoms with Gasteiger partial charge in [-0.3, -0.25) is 4.79 Å². The fourth-order valence-electron chi connectivity index (χ4n) is 2.89. The summed E-state index contributed by atoms with van der Waals surface area (Å²) in [6.07, 6.45) is -1.67. The normalized spacial score (nSPS) is 15.9. The predicted octanol–water partition coefficient (Wildman–Crippen LogP) is 6.08. The third-order valence-corrected chi connectivity index (χ3v) is 5.34. The molecule has 32 heavy (non-hydrogen) atoms. The fraction of sp³-hybridized carbons (Fsp3) is 0.652. The van der Waals surface area contributed by atoms with Gasteiger partial charge < -0.3 is 19.3 Å². The van der Waals surface area contributed by atoms with Gasteiger partial charge in [-0.1, -0.05) is 92.8 Å². The van der Waals surface area contributed by atoms with Crippen molar-refractivity contribution < 1.29 is 28.9 Å². The maximum Gasteiger partial charge on any atom is 0.508 e. The molecule has 0 saturated heterocycles. The Morgan fingerprint density at radius 2 is 1.59 bits per heavy atom. The van der Waals surface area contributed by atoms with Crippen LogP contribution in [0.15, 0.2) is 30.3 Å². The zero-order chi connectivity index (χ0) is 24.5. The summed E-state index contributed by atoms with van der Waals surface area (Å²) in [5.41, 5.74) is 0.544. The van der Waals surface area contributed by atoms with E-state index in [4.69, 9.17) is 49.0 Å². The fourth-order valence-corrected chi connectivity index (χ4v) is 3.06. The average molecular weight is 512 g/mol. The second kappa shape index (κ2) is 12.9. The first-order valence-corrected chi connectivity index (χ1v) is 11.6. The molecule has 4 atom stereocenters. The number of ether oxygens (including phenoxy) is 3. The molecule has 0 amide bonds. The smallest absolute Gasteiger partial charge is 0.461 e. The van der Waals surface area contributed by atoms with E-state index in [1.165, 1.54) is 0 Å². The molecule has 0 aliphatic carbocycles. The van der Waals surface area contributed by atoms with Crippen LogP contribution < -0.4 is 0 Å². The van der Waals surface area contributed by atoms with Crippen molar-refractivity contribution in [2.24, 2.45) is 17.3 Å². The Morgan fingerprint density at radius 3 is 2.12 bits per heavy atom. The second-order valence-electron chi connectivity index (χ2n) is 9.15. The first-order valence-electron chi connectivity index (χ1n) is 10.5. The molecule has 0 spiro atoms. The van der Waals surface area contributed by atoms with E-state index in [0.29, 0.717) is 12.8 Å². The lowest BCUT2D eigenvalue weighted by Gasteiger charge is -2.30. The van der Waals surface area contributed by atoms with Gasteiger partial charge in [-0.2, -0.15) is 0 Å². The molecule has 1 rings (SSSR count). The van der Waals surface area contributed by atoms with Crippen LogP contribution in [-0.4, -0.2) is 39.8 Å². The molecule has 6 nitrogen and oxygen atoms in total. The summed E-state index contributed by atoms with van der Waals surface area (Å²) in [5, 5.41) is 10.4. The molecule has 182 valence electrons. The van der Waals surface area contributed by atoms with Gasteiger partial charge in [0.15, 0.2) is 0 Å². The third kappa shape index (κ3) is 11.6. The number of benzene rings is 1. The highest BCUT2D eigenvalue weighted by Gasteiger charge is 2.33. The number of hydrogen-bond donors (Lipinski definition) is 1. The molecule has 1 N–H and O–H groups in total. The number of aliphatic hydroxyl groups excluding tert-OH is 1. The number of aliphatic hydroxyl groups is 1. The summed E-state index contributed by atoms with van der Waals surface area (Å²) in [6, 6.07) is 9.25. The van der Waals surface area contributed by atoms with Crippen LogP contribution in [0.5, 0.6) is 0 Å². The van der Waals surface area contributed by atoms with Crippen molar-refractivity contribution in [1.29, 1.82) is 0 Å². The van der Waals surface area contributed by atoms with E-state index >= 15 is 0 Å². The molecule has 0 aromatic heterocycles.